The first-order chi connectivity index (χ1) is 15.4. The number of halogens is 2. The largest absolute Gasteiger partial charge is 0.597 e. The quantitative estimate of drug-likeness (QED) is 0.492. The Hall–Kier alpha value is -2.14. The van der Waals surface area contributed by atoms with E-state index in [4.69, 9.17) is 4.74 Å². The standard InChI is InChI=1S/C22H28F2N4O3S/c1-3-18(31-14-16-4-7-20(23)21(24)10-16)11-22-27-9-8-26(25-32(30)19-5-6-19)12-17(27)13-28(22)15(2)29/h3-4,7,10-11,17,19,25H,5-6,8-9,12-14H2,1-2H3/b18-3-,22-11-. The fourth-order valence-corrected chi connectivity index (χ4v) is 5.06. The minimum Gasteiger partial charge on any atom is -0.597 e. The lowest BCUT2D eigenvalue weighted by atomic mass is 10.2. The molecule has 0 bridgehead atoms. The summed E-state index contributed by atoms with van der Waals surface area (Å²) in [6, 6.07) is 3.74. The lowest BCUT2D eigenvalue weighted by Crippen LogP contribution is -2.56. The molecule has 2 aliphatic heterocycles. The highest BCUT2D eigenvalue weighted by Gasteiger charge is 2.42. The second-order valence-corrected chi connectivity index (χ2v) is 9.69. The Kier molecular flexibility index (Phi) is 7.04. The predicted octanol–water partition coefficient (Wildman–Crippen LogP) is 2.41. The first kappa shape index (κ1) is 23.0. The number of nitrogens with zero attached hydrogens (tertiary/aromatic N) is 3. The number of hydrazine groups is 1. The third kappa shape index (κ3) is 5.25. The molecule has 174 valence electrons. The third-order valence-corrected chi connectivity index (χ3v) is 7.33. The van der Waals surface area contributed by atoms with Crippen molar-refractivity contribution >= 4 is 17.3 Å². The monoisotopic (exact) mass is 466 g/mol. The highest BCUT2D eigenvalue weighted by Crippen LogP contribution is 2.30. The summed E-state index contributed by atoms with van der Waals surface area (Å²) in [7, 11) is 0. The van der Waals surface area contributed by atoms with Crippen molar-refractivity contribution in [3.05, 3.63) is 59.1 Å². The molecule has 2 unspecified atom stereocenters. The van der Waals surface area contributed by atoms with E-state index in [0.717, 1.165) is 30.8 Å². The van der Waals surface area contributed by atoms with Crippen molar-refractivity contribution in [3.8, 4) is 0 Å². The molecule has 2 heterocycles. The summed E-state index contributed by atoms with van der Waals surface area (Å²) < 4.78 is 44.6. The number of hydrogen-bond acceptors (Lipinski definition) is 6. The molecule has 4 rings (SSSR count). The minimum absolute atomic E-state index is 0.0669. The number of carbonyl (C=O) groups excluding carboxylic acids is 1. The second kappa shape index (κ2) is 9.78. The maximum absolute atomic E-state index is 13.5. The van der Waals surface area contributed by atoms with Crippen LogP contribution < -0.4 is 4.83 Å². The van der Waals surface area contributed by atoms with Crippen LogP contribution in [0.25, 0.3) is 0 Å². The number of carbonyl (C=O) groups is 1. The Morgan fingerprint density at radius 2 is 2.06 bits per heavy atom. The van der Waals surface area contributed by atoms with Crippen molar-refractivity contribution in [1.29, 1.82) is 0 Å². The summed E-state index contributed by atoms with van der Waals surface area (Å²) in [4.78, 5) is 19.3. The summed E-state index contributed by atoms with van der Waals surface area (Å²) >= 11 is -1.04. The SMILES string of the molecule is C/C=C(/C=C1\N(C(C)=O)CC2CN(N[S+]([O-])C3CC3)CCN12)OCc1ccc(F)c(F)c1. The molecule has 0 radical (unpaired) electrons. The van der Waals surface area contributed by atoms with Crippen LogP contribution in [-0.4, -0.2) is 62.7 Å². The van der Waals surface area contributed by atoms with Gasteiger partial charge in [0.2, 0.25) is 5.91 Å². The molecule has 7 nitrogen and oxygen atoms in total. The average Bonchev–Trinajstić information content (AvgIpc) is 3.56. The van der Waals surface area contributed by atoms with E-state index in [-0.39, 0.29) is 23.8 Å². The van der Waals surface area contributed by atoms with Crippen LogP contribution in [0, 0.1) is 11.6 Å². The Morgan fingerprint density at radius 3 is 2.72 bits per heavy atom. The van der Waals surface area contributed by atoms with E-state index in [1.807, 2.05) is 18.0 Å². The molecule has 1 amide bonds. The lowest BCUT2D eigenvalue weighted by molar-refractivity contribution is -0.126. The Labute approximate surface area is 190 Å². The number of nitrogens with one attached hydrogen (secondary N) is 1. The molecular formula is C22H28F2N4O3S. The van der Waals surface area contributed by atoms with E-state index in [1.165, 1.54) is 13.0 Å². The summed E-state index contributed by atoms with van der Waals surface area (Å²) in [5.41, 5.74) is 0.512. The molecule has 3 fully saturated rings. The van der Waals surface area contributed by atoms with Gasteiger partial charge in [-0.2, -0.15) is 5.01 Å². The molecule has 3 aliphatic rings. The van der Waals surface area contributed by atoms with Gasteiger partial charge in [-0.15, -0.1) is 0 Å². The zero-order valence-electron chi connectivity index (χ0n) is 18.2. The number of amides is 1. The molecule has 32 heavy (non-hydrogen) atoms. The number of piperazine rings is 1. The molecule has 0 aromatic heterocycles. The Morgan fingerprint density at radius 1 is 1.28 bits per heavy atom. The van der Waals surface area contributed by atoms with Gasteiger partial charge in [-0.1, -0.05) is 10.9 Å². The van der Waals surface area contributed by atoms with Crippen LogP contribution in [-0.2, 0) is 27.5 Å². The van der Waals surface area contributed by atoms with Crippen molar-refractivity contribution in [2.45, 2.75) is 44.6 Å². The second-order valence-electron chi connectivity index (χ2n) is 8.24. The topological polar surface area (TPSA) is 71.1 Å². The van der Waals surface area contributed by atoms with Crippen molar-refractivity contribution < 1.29 is 22.9 Å². The maximum Gasteiger partial charge on any atom is 0.225 e. The van der Waals surface area contributed by atoms with E-state index in [2.05, 4.69) is 9.73 Å². The summed E-state index contributed by atoms with van der Waals surface area (Å²) in [6.07, 6.45) is 5.59. The Bertz CT molecular complexity index is 924. The van der Waals surface area contributed by atoms with Gasteiger partial charge in [0.15, 0.2) is 11.6 Å². The Balaban J connectivity index is 1.43. The molecule has 1 aliphatic carbocycles. The van der Waals surface area contributed by atoms with Gasteiger partial charge in [0.05, 0.1) is 17.4 Å². The van der Waals surface area contributed by atoms with Crippen LogP contribution >= 0.6 is 0 Å². The van der Waals surface area contributed by atoms with Crippen LogP contribution in [0.5, 0.6) is 0 Å². The molecular weight excluding hydrogens is 438 g/mol. The average molecular weight is 467 g/mol. The first-order valence-corrected chi connectivity index (χ1v) is 12.0. The van der Waals surface area contributed by atoms with Gasteiger partial charge >= 0.3 is 0 Å². The van der Waals surface area contributed by atoms with Crippen LogP contribution in [0.3, 0.4) is 0 Å². The first-order valence-electron chi connectivity index (χ1n) is 10.8. The van der Waals surface area contributed by atoms with E-state index in [0.29, 0.717) is 37.5 Å². The van der Waals surface area contributed by atoms with Crippen molar-refractivity contribution in [1.82, 2.24) is 19.6 Å². The molecule has 1 aromatic carbocycles. The van der Waals surface area contributed by atoms with Crippen molar-refractivity contribution in [2.24, 2.45) is 0 Å². The van der Waals surface area contributed by atoms with Crippen LogP contribution in [0.4, 0.5) is 8.78 Å². The number of rotatable bonds is 7. The number of allylic oxidation sites excluding steroid dienone is 2. The smallest absolute Gasteiger partial charge is 0.225 e. The van der Waals surface area contributed by atoms with Crippen LogP contribution in [0.2, 0.25) is 0 Å². The van der Waals surface area contributed by atoms with E-state index >= 15 is 0 Å². The van der Waals surface area contributed by atoms with Crippen LogP contribution in [0.15, 0.2) is 41.9 Å². The summed E-state index contributed by atoms with van der Waals surface area (Å²) in [5.74, 6) is -0.591. The fraction of sp³-hybridized carbons (Fsp3) is 0.500. The van der Waals surface area contributed by atoms with Crippen molar-refractivity contribution in [3.63, 3.8) is 0 Å². The highest BCUT2D eigenvalue weighted by atomic mass is 32.2. The molecule has 2 saturated heterocycles. The van der Waals surface area contributed by atoms with E-state index in [9.17, 15) is 18.1 Å². The minimum atomic E-state index is -1.04. The van der Waals surface area contributed by atoms with Gasteiger partial charge in [-0.05, 0) is 30.7 Å². The zero-order valence-corrected chi connectivity index (χ0v) is 19.0. The number of ether oxygens (including phenoxy) is 1. The number of fused-ring (bicyclic) bond motifs is 1. The van der Waals surface area contributed by atoms with Gasteiger partial charge in [0.1, 0.15) is 23.4 Å². The normalized spacial score (nSPS) is 24.1. The molecule has 2 atom stereocenters. The fourth-order valence-electron chi connectivity index (χ4n) is 3.92. The number of hydrogen-bond donors (Lipinski definition) is 1. The maximum atomic E-state index is 13.5. The van der Waals surface area contributed by atoms with Crippen molar-refractivity contribution in [2.75, 3.05) is 26.2 Å². The summed E-state index contributed by atoms with van der Waals surface area (Å²) in [5, 5.41) is 2.25. The van der Waals surface area contributed by atoms with Gasteiger partial charge in [-0.25, -0.2) is 8.78 Å². The van der Waals surface area contributed by atoms with Crippen LogP contribution in [0.1, 0.15) is 32.3 Å². The van der Waals surface area contributed by atoms with Gasteiger partial charge in [0, 0.05) is 52.0 Å². The molecule has 1 N–H and O–H groups in total. The molecule has 0 spiro atoms. The van der Waals surface area contributed by atoms with E-state index < -0.39 is 23.0 Å². The summed E-state index contributed by atoms with van der Waals surface area (Å²) in [6.45, 7) is 5.97. The number of benzene rings is 1. The van der Waals surface area contributed by atoms with E-state index in [1.54, 1.807) is 11.0 Å². The predicted molar refractivity (Wildman–Crippen MR) is 117 cm³/mol. The molecule has 1 saturated carbocycles. The van der Waals surface area contributed by atoms with Gasteiger partial charge in [0.25, 0.3) is 0 Å². The zero-order chi connectivity index (χ0) is 22.8. The molecule has 1 aromatic rings. The van der Waals surface area contributed by atoms with Gasteiger partial charge in [-0.3, -0.25) is 9.69 Å². The third-order valence-electron chi connectivity index (χ3n) is 5.82. The lowest BCUT2D eigenvalue weighted by Gasteiger charge is -2.37. The highest BCUT2D eigenvalue weighted by molar-refractivity contribution is 7.90. The van der Waals surface area contributed by atoms with Gasteiger partial charge < -0.3 is 14.2 Å². The molecule has 10 heteroatoms.